The van der Waals surface area contributed by atoms with E-state index in [-0.39, 0.29) is 11.8 Å². The van der Waals surface area contributed by atoms with Gasteiger partial charge in [-0.15, -0.1) is 0 Å². The highest BCUT2D eigenvalue weighted by Crippen LogP contribution is 2.46. The first-order chi connectivity index (χ1) is 14.5. The van der Waals surface area contributed by atoms with Crippen LogP contribution in [0.1, 0.15) is 48.5 Å². The van der Waals surface area contributed by atoms with Crippen molar-refractivity contribution in [3.63, 3.8) is 0 Å². The molecule has 1 aliphatic carbocycles. The Balaban J connectivity index is 1.44. The number of amides is 2. The number of hydrogen-bond donors (Lipinski definition) is 1. The average molecular weight is 402 g/mol. The Morgan fingerprint density at radius 2 is 1.67 bits per heavy atom. The van der Waals surface area contributed by atoms with Crippen LogP contribution < -0.4 is 5.73 Å². The third-order valence-electron chi connectivity index (χ3n) is 6.61. The minimum absolute atomic E-state index is 0.0286. The molecule has 0 bridgehead atoms. The van der Waals surface area contributed by atoms with E-state index in [9.17, 15) is 9.59 Å². The highest BCUT2D eigenvalue weighted by Gasteiger charge is 2.53. The lowest BCUT2D eigenvalue weighted by molar-refractivity contribution is -0.131. The van der Waals surface area contributed by atoms with E-state index in [1.165, 1.54) is 0 Å². The first kappa shape index (κ1) is 18.9. The Labute approximate surface area is 176 Å². The maximum absolute atomic E-state index is 12.6. The molecule has 6 heteroatoms. The van der Waals surface area contributed by atoms with Crippen LogP contribution in [0.3, 0.4) is 0 Å². The van der Waals surface area contributed by atoms with Crippen LogP contribution in [0, 0.1) is 0 Å². The third kappa shape index (κ3) is 3.07. The van der Waals surface area contributed by atoms with Crippen molar-refractivity contribution in [3.05, 3.63) is 53.6 Å². The summed E-state index contributed by atoms with van der Waals surface area (Å²) in [6.45, 7) is 3.82. The van der Waals surface area contributed by atoms with Crippen LogP contribution in [-0.2, 0) is 11.3 Å². The van der Waals surface area contributed by atoms with Crippen molar-refractivity contribution < 1.29 is 9.59 Å². The van der Waals surface area contributed by atoms with Gasteiger partial charge in [0.25, 0.3) is 5.91 Å². The van der Waals surface area contributed by atoms with Crippen molar-refractivity contribution in [2.75, 3.05) is 13.1 Å². The molecule has 0 atom stereocenters. The van der Waals surface area contributed by atoms with Gasteiger partial charge < -0.3 is 15.5 Å². The topological polar surface area (TPSA) is 79.0 Å². The quantitative estimate of drug-likeness (QED) is 0.835. The summed E-state index contributed by atoms with van der Waals surface area (Å²) < 4.78 is 0. The van der Waals surface area contributed by atoms with Gasteiger partial charge in [-0.3, -0.25) is 9.59 Å². The minimum Gasteiger partial charge on any atom is -0.385 e. The molecule has 0 radical (unpaired) electrons. The molecule has 0 unspecified atom stereocenters. The second-order valence-electron chi connectivity index (χ2n) is 8.55. The molecular formula is C24H26N4O2. The maximum atomic E-state index is 12.6. The van der Waals surface area contributed by atoms with Crippen LogP contribution in [0.15, 0.2) is 47.5 Å². The summed E-state index contributed by atoms with van der Waals surface area (Å²) in [6, 6.07) is 13.9. The molecule has 2 aliphatic heterocycles. The fourth-order valence-electron chi connectivity index (χ4n) is 4.64. The number of amidine groups is 1. The van der Waals surface area contributed by atoms with E-state index in [1.54, 1.807) is 6.92 Å². The summed E-state index contributed by atoms with van der Waals surface area (Å²) in [5.74, 6) is 0.665. The molecule has 2 heterocycles. The summed E-state index contributed by atoms with van der Waals surface area (Å²) in [5.41, 5.74) is 10.5. The zero-order valence-corrected chi connectivity index (χ0v) is 17.2. The monoisotopic (exact) mass is 402 g/mol. The number of nitrogens with two attached hydrogens (primary N) is 1. The molecule has 2 fully saturated rings. The van der Waals surface area contributed by atoms with Gasteiger partial charge in [0.15, 0.2) is 0 Å². The highest BCUT2D eigenvalue weighted by molar-refractivity contribution is 5.99. The second-order valence-corrected chi connectivity index (χ2v) is 8.55. The number of benzene rings is 2. The van der Waals surface area contributed by atoms with Crippen LogP contribution in [0.5, 0.6) is 0 Å². The number of fused-ring (bicyclic) bond motifs is 1. The van der Waals surface area contributed by atoms with Crippen LogP contribution in [-0.4, -0.2) is 46.1 Å². The van der Waals surface area contributed by atoms with Crippen molar-refractivity contribution in [2.45, 2.75) is 44.7 Å². The molecule has 2 aromatic rings. The van der Waals surface area contributed by atoms with E-state index >= 15 is 0 Å². The van der Waals surface area contributed by atoms with Gasteiger partial charge in [0.2, 0.25) is 5.91 Å². The molecule has 154 valence electrons. The lowest BCUT2D eigenvalue weighted by Gasteiger charge is -2.29. The number of carbonyl (C=O) groups is 2. The Morgan fingerprint density at radius 3 is 2.30 bits per heavy atom. The third-order valence-corrected chi connectivity index (χ3v) is 6.61. The molecule has 1 saturated heterocycles. The molecule has 2 aromatic carbocycles. The highest BCUT2D eigenvalue weighted by atomic mass is 16.2. The van der Waals surface area contributed by atoms with E-state index < -0.39 is 5.54 Å². The maximum Gasteiger partial charge on any atom is 0.253 e. The Morgan fingerprint density at radius 1 is 1.00 bits per heavy atom. The Bertz CT molecular complexity index is 1050. The molecule has 1 spiro atoms. The largest absolute Gasteiger partial charge is 0.385 e. The van der Waals surface area contributed by atoms with Crippen LogP contribution in [0.25, 0.3) is 11.1 Å². The van der Waals surface area contributed by atoms with E-state index in [1.807, 2.05) is 52.3 Å². The lowest BCUT2D eigenvalue weighted by Crippen LogP contribution is -2.48. The van der Waals surface area contributed by atoms with E-state index in [0.717, 1.165) is 66.7 Å². The Kier molecular flexibility index (Phi) is 4.38. The van der Waals surface area contributed by atoms with Gasteiger partial charge in [0.05, 0.1) is 5.69 Å². The smallest absolute Gasteiger partial charge is 0.253 e. The fraction of sp³-hybridized carbons (Fsp3) is 0.375. The first-order valence-corrected chi connectivity index (χ1v) is 10.6. The van der Waals surface area contributed by atoms with Crippen molar-refractivity contribution in [2.24, 2.45) is 10.7 Å². The van der Waals surface area contributed by atoms with Crippen LogP contribution >= 0.6 is 0 Å². The van der Waals surface area contributed by atoms with Crippen molar-refractivity contribution in [1.29, 1.82) is 0 Å². The fourth-order valence-corrected chi connectivity index (χ4v) is 4.64. The number of aliphatic imine (C=N–C) groups is 1. The van der Waals surface area contributed by atoms with Gasteiger partial charge in [-0.05, 0) is 60.6 Å². The predicted octanol–water partition coefficient (Wildman–Crippen LogP) is 3.47. The Hall–Kier alpha value is -3.15. The van der Waals surface area contributed by atoms with E-state index in [4.69, 9.17) is 10.7 Å². The molecule has 3 aliphatic rings. The van der Waals surface area contributed by atoms with Crippen molar-refractivity contribution >= 4 is 23.3 Å². The van der Waals surface area contributed by atoms with Gasteiger partial charge in [0.1, 0.15) is 11.4 Å². The molecule has 0 aromatic heterocycles. The number of rotatable bonds is 2. The molecule has 6 nitrogen and oxygen atoms in total. The normalized spacial score (nSPS) is 19.3. The molecule has 30 heavy (non-hydrogen) atoms. The first-order valence-electron chi connectivity index (χ1n) is 10.6. The summed E-state index contributed by atoms with van der Waals surface area (Å²) in [4.78, 5) is 33.3. The van der Waals surface area contributed by atoms with Crippen LogP contribution in [0.4, 0.5) is 5.69 Å². The van der Waals surface area contributed by atoms with Crippen LogP contribution in [0.2, 0.25) is 0 Å². The van der Waals surface area contributed by atoms with Gasteiger partial charge in [-0.2, -0.15) is 0 Å². The summed E-state index contributed by atoms with van der Waals surface area (Å²) in [7, 11) is 0. The van der Waals surface area contributed by atoms with Gasteiger partial charge >= 0.3 is 0 Å². The molecule has 2 amide bonds. The average Bonchev–Trinajstić information content (AvgIpc) is 3.39. The van der Waals surface area contributed by atoms with Gasteiger partial charge in [-0.25, -0.2) is 4.99 Å². The zero-order chi connectivity index (χ0) is 20.9. The van der Waals surface area contributed by atoms with E-state index in [0.29, 0.717) is 12.4 Å². The van der Waals surface area contributed by atoms with Gasteiger partial charge in [-0.1, -0.05) is 24.3 Å². The molecule has 2 N–H and O–H groups in total. The number of carbonyl (C=O) groups excluding carboxylic acids is 2. The SMILES string of the molecule is CC(=O)N1Cc2ccc(-c3ccc(C(=O)N4CCCC4)cc3)cc2N=C(N)C12CC2. The lowest BCUT2D eigenvalue weighted by atomic mass is 10.0. The van der Waals surface area contributed by atoms with Crippen molar-refractivity contribution in [1.82, 2.24) is 9.80 Å². The standard InChI is InChI=1S/C24H26N4O2/c1-16(29)28-15-20-9-8-19(14-21(20)26-23(25)24(28)10-11-24)17-4-6-18(7-5-17)22(30)27-12-2-3-13-27/h4-9,14H,2-3,10-13,15H2,1H3,(H2,25,26). The molecule has 1 saturated carbocycles. The number of nitrogens with zero attached hydrogens (tertiary/aromatic N) is 3. The molecular weight excluding hydrogens is 376 g/mol. The number of likely N-dealkylation sites (tertiary alicyclic amines) is 1. The summed E-state index contributed by atoms with van der Waals surface area (Å²) in [5, 5.41) is 0. The minimum atomic E-state index is -0.400. The van der Waals surface area contributed by atoms with E-state index in [2.05, 4.69) is 0 Å². The predicted molar refractivity (Wildman–Crippen MR) is 116 cm³/mol. The summed E-state index contributed by atoms with van der Waals surface area (Å²) in [6.07, 6.45) is 3.92. The second kappa shape index (κ2) is 6.97. The molecule has 5 rings (SSSR count). The number of hydrogen-bond acceptors (Lipinski definition) is 4. The van der Waals surface area contributed by atoms with Gasteiger partial charge in [0, 0.05) is 32.1 Å². The summed E-state index contributed by atoms with van der Waals surface area (Å²) >= 11 is 0. The van der Waals surface area contributed by atoms with Crippen molar-refractivity contribution in [3.8, 4) is 11.1 Å². The zero-order valence-electron chi connectivity index (χ0n) is 17.2.